The van der Waals surface area contributed by atoms with Gasteiger partial charge in [-0.3, -0.25) is 9.59 Å². The lowest BCUT2D eigenvalue weighted by Gasteiger charge is -2.19. The van der Waals surface area contributed by atoms with Crippen LogP contribution in [0.4, 0.5) is 17.1 Å². The molecule has 4 rings (SSSR count). The molecule has 3 aromatic rings. The Labute approximate surface area is 204 Å². The number of ether oxygens (including phenoxy) is 2. The third kappa shape index (κ3) is 4.83. The number of amides is 2. The van der Waals surface area contributed by atoms with Crippen molar-refractivity contribution < 1.29 is 19.1 Å². The van der Waals surface area contributed by atoms with E-state index >= 15 is 0 Å². The highest BCUT2D eigenvalue weighted by atomic mass is 16.5. The SMILES string of the molecule is CNCC(=O)N(C)c1ccc(N/C(=C2\C(=O)Nc3cc(OC)c(OC)cc32)c2ccccc2)cc1. The zero-order chi connectivity index (χ0) is 24.9. The van der Waals surface area contributed by atoms with E-state index in [9.17, 15) is 9.59 Å². The molecule has 0 atom stereocenters. The molecule has 1 heterocycles. The van der Waals surface area contributed by atoms with E-state index < -0.39 is 0 Å². The molecule has 0 saturated carbocycles. The van der Waals surface area contributed by atoms with E-state index in [2.05, 4.69) is 16.0 Å². The standard InChI is InChI=1S/C27H28N4O4/c1-28-16-24(32)31(2)19-12-10-18(11-13-19)29-26(17-8-6-5-7-9-17)25-20-14-22(34-3)23(35-4)15-21(20)30-27(25)33/h5-15,28-29H,16H2,1-4H3,(H,30,33)/b26-25-. The summed E-state index contributed by atoms with van der Waals surface area (Å²) in [6, 6.07) is 20.7. The van der Waals surface area contributed by atoms with Crippen LogP contribution in [0, 0.1) is 0 Å². The van der Waals surface area contributed by atoms with Gasteiger partial charge in [-0.15, -0.1) is 0 Å². The number of rotatable bonds is 8. The predicted octanol–water partition coefficient (Wildman–Crippen LogP) is 3.82. The highest BCUT2D eigenvalue weighted by molar-refractivity contribution is 6.37. The molecule has 0 fully saturated rings. The first-order valence-electron chi connectivity index (χ1n) is 11.1. The van der Waals surface area contributed by atoms with Crippen molar-refractivity contribution in [3.8, 4) is 11.5 Å². The Bertz CT molecular complexity index is 1270. The van der Waals surface area contributed by atoms with E-state index in [0.29, 0.717) is 34.0 Å². The number of nitrogens with zero attached hydrogens (tertiary/aromatic N) is 1. The van der Waals surface area contributed by atoms with E-state index in [1.807, 2.05) is 54.6 Å². The Balaban J connectivity index is 1.77. The minimum absolute atomic E-state index is 0.0380. The maximum atomic E-state index is 13.2. The van der Waals surface area contributed by atoms with Crippen LogP contribution in [0.2, 0.25) is 0 Å². The molecule has 3 aromatic carbocycles. The summed E-state index contributed by atoms with van der Waals surface area (Å²) in [6.07, 6.45) is 0. The Morgan fingerprint density at radius 1 is 0.971 bits per heavy atom. The van der Waals surface area contributed by atoms with Crippen molar-refractivity contribution in [3.05, 3.63) is 77.9 Å². The molecule has 0 aliphatic carbocycles. The first-order valence-corrected chi connectivity index (χ1v) is 11.1. The van der Waals surface area contributed by atoms with Gasteiger partial charge in [0.1, 0.15) is 0 Å². The van der Waals surface area contributed by atoms with Crippen LogP contribution in [-0.2, 0) is 9.59 Å². The third-order valence-electron chi connectivity index (χ3n) is 5.81. The first-order chi connectivity index (χ1) is 17.0. The molecule has 0 aromatic heterocycles. The van der Waals surface area contributed by atoms with Gasteiger partial charge < -0.3 is 30.3 Å². The number of methoxy groups -OCH3 is 2. The fourth-order valence-corrected chi connectivity index (χ4v) is 3.95. The van der Waals surface area contributed by atoms with Gasteiger partial charge in [0.2, 0.25) is 5.91 Å². The van der Waals surface area contributed by atoms with E-state index in [0.717, 1.165) is 16.9 Å². The summed E-state index contributed by atoms with van der Waals surface area (Å²) in [7, 11) is 6.59. The van der Waals surface area contributed by atoms with E-state index in [1.54, 1.807) is 45.3 Å². The van der Waals surface area contributed by atoms with Crippen molar-refractivity contribution in [1.82, 2.24) is 5.32 Å². The summed E-state index contributed by atoms with van der Waals surface area (Å²) >= 11 is 0. The lowest BCUT2D eigenvalue weighted by Crippen LogP contribution is -2.34. The Morgan fingerprint density at radius 3 is 2.26 bits per heavy atom. The molecule has 8 nitrogen and oxygen atoms in total. The summed E-state index contributed by atoms with van der Waals surface area (Å²) in [6.45, 7) is 0.253. The molecule has 180 valence electrons. The van der Waals surface area contributed by atoms with Crippen LogP contribution in [0.3, 0.4) is 0 Å². The molecule has 0 bridgehead atoms. The minimum Gasteiger partial charge on any atom is -0.493 e. The normalized spacial score (nSPS) is 13.5. The number of likely N-dealkylation sites (N-methyl/N-ethyl adjacent to an activating group) is 2. The average molecular weight is 473 g/mol. The molecule has 0 saturated heterocycles. The number of carbonyl (C=O) groups is 2. The molecule has 1 aliphatic rings. The average Bonchev–Trinajstić information content (AvgIpc) is 3.21. The topological polar surface area (TPSA) is 91.9 Å². The van der Waals surface area contributed by atoms with Gasteiger partial charge >= 0.3 is 0 Å². The van der Waals surface area contributed by atoms with Gasteiger partial charge in [0.25, 0.3) is 5.91 Å². The molecule has 8 heteroatoms. The fourth-order valence-electron chi connectivity index (χ4n) is 3.95. The van der Waals surface area contributed by atoms with Crippen molar-refractivity contribution in [3.63, 3.8) is 0 Å². The summed E-state index contributed by atoms with van der Waals surface area (Å²) in [4.78, 5) is 27.0. The highest BCUT2D eigenvalue weighted by Crippen LogP contribution is 2.43. The predicted molar refractivity (Wildman–Crippen MR) is 139 cm³/mol. The van der Waals surface area contributed by atoms with Crippen LogP contribution in [-0.4, -0.2) is 46.7 Å². The number of anilines is 3. The van der Waals surface area contributed by atoms with E-state index in [4.69, 9.17) is 9.47 Å². The summed E-state index contributed by atoms with van der Waals surface area (Å²) in [5.74, 6) is 0.806. The number of carbonyl (C=O) groups excluding carboxylic acids is 2. The number of hydrogen-bond donors (Lipinski definition) is 3. The molecule has 1 aliphatic heterocycles. The van der Waals surface area contributed by atoms with Gasteiger partial charge in [0.15, 0.2) is 11.5 Å². The van der Waals surface area contributed by atoms with E-state index in [-0.39, 0.29) is 18.4 Å². The van der Waals surface area contributed by atoms with Gasteiger partial charge in [-0.1, -0.05) is 30.3 Å². The number of hydrogen-bond acceptors (Lipinski definition) is 6. The second-order valence-corrected chi connectivity index (χ2v) is 7.98. The molecule has 2 amide bonds. The van der Waals surface area contributed by atoms with Crippen molar-refractivity contribution in [1.29, 1.82) is 0 Å². The molecule has 3 N–H and O–H groups in total. The zero-order valence-corrected chi connectivity index (χ0v) is 20.1. The van der Waals surface area contributed by atoms with Crippen LogP contribution in [0.5, 0.6) is 11.5 Å². The molecule has 0 radical (unpaired) electrons. The lowest BCUT2D eigenvalue weighted by atomic mass is 9.99. The fraction of sp³-hybridized carbons (Fsp3) is 0.185. The Kier molecular flexibility index (Phi) is 7.03. The van der Waals surface area contributed by atoms with Gasteiger partial charge in [0.05, 0.1) is 37.7 Å². The van der Waals surface area contributed by atoms with Crippen molar-refractivity contribution in [2.75, 3.05) is 50.4 Å². The van der Waals surface area contributed by atoms with Crippen molar-refractivity contribution in [2.45, 2.75) is 0 Å². The molecule has 35 heavy (non-hydrogen) atoms. The Hall–Kier alpha value is -4.30. The largest absolute Gasteiger partial charge is 0.493 e. The smallest absolute Gasteiger partial charge is 0.258 e. The number of benzene rings is 3. The summed E-state index contributed by atoms with van der Waals surface area (Å²) in [5.41, 5.74) is 4.91. The second-order valence-electron chi connectivity index (χ2n) is 7.98. The van der Waals surface area contributed by atoms with Gasteiger partial charge in [-0.05, 0) is 42.9 Å². The minimum atomic E-state index is -0.226. The summed E-state index contributed by atoms with van der Waals surface area (Å²) < 4.78 is 10.9. The maximum Gasteiger partial charge on any atom is 0.258 e. The maximum absolute atomic E-state index is 13.2. The van der Waals surface area contributed by atoms with Crippen molar-refractivity contribution in [2.24, 2.45) is 0 Å². The van der Waals surface area contributed by atoms with E-state index in [1.165, 1.54) is 0 Å². The Morgan fingerprint density at radius 2 is 1.63 bits per heavy atom. The van der Waals surface area contributed by atoms with Crippen LogP contribution < -0.4 is 30.3 Å². The lowest BCUT2D eigenvalue weighted by molar-refractivity contribution is -0.117. The molecular weight excluding hydrogens is 444 g/mol. The monoisotopic (exact) mass is 472 g/mol. The van der Waals surface area contributed by atoms with Crippen LogP contribution >= 0.6 is 0 Å². The second kappa shape index (κ2) is 10.3. The molecule has 0 spiro atoms. The first kappa shape index (κ1) is 23.8. The summed E-state index contributed by atoms with van der Waals surface area (Å²) in [5, 5.41) is 9.23. The van der Waals surface area contributed by atoms with Crippen LogP contribution in [0.25, 0.3) is 11.3 Å². The molecular formula is C27H28N4O4. The molecule has 0 unspecified atom stereocenters. The third-order valence-corrected chi connectivity index (χ3v) is 5.81. The number of fused-ring (bicyclic) bond motifs is 1. The van der Waals surface area contributed by atoms with Gasteiger partial charge in [-0.2, -0.15) is 0 Å². The number of nitrogens with one attached hydrogen (secondary N) is 3. The highest BCUT2D eigenvalue weighted by Gasteiger charge is 2.30. The van der Waals surface area contributed by atoms with Crippen LogP contribution in [0.1, 0.15) is 11.1 Å². The quantitative estimate of drug-likeness (QED) is 0.432. The van der Waals surface area contributed by atoms with Gasteiger partial charge in [-0.25, -0.2) is 0 Å². The van der Waals surface area contributed by atoms with Crippen LogP contribution in [0.15, 0.2) is 66.7 Å². The van der Waals surface area contributed by atoms with Gasteiger partial charge in [0, 0.05) is 30.1 Å². The zero-order valence-electron chi connectivity index (χ0n) is 20.1. The van der Waals surface area contributed by atoms with Crippen molar-refractivity contribution >= 4 is 40.1 Å².